The Hall–Kier alpha value is -2.70. The number of nitro groups is 1. The Morgan fingerprint density at radius 2 is 1.92 bits per heavy atom. The summed E-state index contributed by atoms with van der Waals surface area (Å²) in [7, 11) is 4.02. The maximum atomic E-state index is 11.4. The van der Waals surface area contributed by atoms with Crippen LogP contribution in [0.2, 0.25) is 0 Å². The van der Waals surface area contributed by atoms with Crippen LogP contribution < -0.4 is 5.32 Å². The lowest BCUT2D eigenvalue weighted by Crippen LogP contribution is -2.38. The summed E-state index contributed by atoms with van der Waals surface area (Å²) in [4.78, 5) is 13.0. The van der Waals surface area contributed by atoms with Gasteiger partial charge in [-0.3, -0.25) is 20.3 Å². The van der Waals surface area contributed by atoms with Gasteiger partial charge in [0, 0.05) is 11.9 Å². The van der Waals surface area contributed by atoms with Crippen LogP contribution in [-0.4, -0.2) is 30.1 Å². The Balaban J connectivity index is 2.04. The summed E-state index contributed by atoms with van der Waals surface area (Å²) in [5.41, 5.74) is 2.88. The number of benzene rings is 2. The molecule has 6 nitrogen and oxygen atoms in total. The zero-order valence-electron chi connectivity index (χ0n) is 14.5. The Kier molecular flexibility index (Phi) is 4.83. The molecule has 0 aliphatic heterocycles. The second-order valence-electron chi connectivity index (χ2n) is 6.26. The van der Waals surface area contributed by atoms with E-state index >= 15 is 0 Å². The number of fused-ring (bicyclic) bond motifs is 1. The summed E-state index contributed by atoms with van der Waals surface area (Å²) in [6, 6.07) is 15.0. The van der Waals surface area contributed by atoms with Crippen molar-refractivity contribution in [1.82, 2.24) is 10.2 Å². The number of hydrogen-bond acceptors (Lipinski definition) is 5. The van der Waals surface area contributed by atoms with E-state index in [1.807, 2.05) is 56.6 Å². The predicted octanol–water partition coefficient (Wildman–Crippen LogP) is 4.01. The highest BCUT2D eigenvalue weighted by Crippen LogP contribution is 2.39. The second kappa shape index (κ2) is 7.04. The van der Waals surface area contributed by atoms with Crippen LogP contribution in [0.4, 0.5) is 5.88 Å². The van der Waals surface area contributed by atoms with Gasteiger partial charge in [-0.2, -0.15) is 0 Å². The SMILES string of the molecule is CC(NCc1ccc2oc([N+](=O)[O-])c(-c3ccccc3)c2c1)N(C)C. The van der Waals surface area contributed by atoms with Crippen molar-refractivity contribution in [3.8, 4) is 11.1 Å². The van der Waals surface area contributed by atoms with Gasteiger partial charge in [-0.1, -0.05) is 36.4 Å². The summed E-state index contributed by atoms with van der Waals surface area (Å²) in [6.07, 6.45) is 0.225. The minimum atomic E-state index is -0.464. The number of nitrogens with one attached hydrogen (secondary N) is 1. The Labute approximate surface area is 146 Å². The monoisotopic (exact) mass is 339 g/mol. The predicted molar refractivity (Wildman–Crippen MR) is 98.3 cm³/mol. The molecule has 1 unspecified atom stereocenters. The zero-order chi connectivity index (χ0) is 18.0. The van der Waals surface area contributed by atoms with Gasteiger partial charge >= 0.3 is 5.88 Å². The molecule has 0 fully saturated rings. The summed E-state index contributed by atoms with van der Waals surface area (Å²) in [6.45, 7) is 2.75. The molecule has 0 bridgehead atoms. The maximum absolute atomic E-state index is 11.4. The third-order valence-electron chi connectivity index (χ3n) is 4.34. The van der Waals surface area contributed by atoms with Gasteiger partial charge in [0.05, 0.1) is 6.17 Å². The van der Waals surface area contributed by atoms with Gasteiger partial charge in [0.15, 0.2) is 0 Å². The molecule has 0 aliphatic carbocycles. The van der Waals surface area contributed by atoms with E-state index in [1.165, 1.54) is 0 Å². The molecule has 1 N–H and O–H groups in total. The fourth-order valence-corrected chi connectivity index (χ4v) is 2.70. The quantitative estimate of drug-likeness (QED) is 0.417. The third kappa shape index (κ3) is 3.55. The molecule has 3 rings (SSSR count). The van der Waals surface area contributed by atoms with Crippen molar-refractivity contribution >= 4 is 16.9 Å². The van der Waals surface area contributed by atoms with E-state index in [9.17, 15) is 10.1 Å². The average Bonchev–Trinajstić information content (AvgIpc) is 2.99. The Morgan fingerprint density at radius 3 is 2.56 bits per heavy atom. The molecule has 2 aromatic carbocycles. The molecule has 6 heteroatoms. The molecule has 0 saturated heterocycles. The van der Waals surface area contributed by atoms with E-state index in [-0.39, 0.29) is 12.0 Å². The van der Waals surface area contributed by atoms with Crippen LogP contribution in [-0.2, 0) is 6.54 Å². The van der Waals surface area contributed by atoms with E-state index in [2.05, 4.69) is 17.1 Å². The molecule has 130 valence electrons. The van der Waals surface area contributed by atoms with Crippen molar-refractivity contribution in [2.75, 3.05) is 14.1 Å². The molecule has 3 aromatic rings. The molecule has 0 saturated carbocycles. The highest BCUT2D eigenvalue weighted by molar-refractivity contribution is 5.98. The molecular formula is C19H21N3O3. The minimum Gasteiger partial charge on any atom is -0.400 e. The highest BCUT2D eigenvalue weighted by Gasteiger charge is 2.25. The number of nitrogens with zero attached hydrogens (tertiary/aromatic N) is 2. The van der Waals surface area contributed by atoms with Gasteiger partial charge in [0.1, 0.15) is 16.1 Å². The Bertz CT molecular complexity index is 888. The van der Waals surface area contributed by atoms with Gasteiger partial charge < -0.3 is 4.42 Å². The van der Waals surface area contributed by atoms with Gasteiger partial charge in [0.2, 0.25) is 0 Å². The average molecular weight is 339 g/mol. The third-order valence-corrected chi connectivity index (χ3v) is 4.34. The van der Waals surface area contributed by atoms with Crippen molar-refractivity contribution < 1.29 is 9.34 Å². The molecule has 1 atom stereocenters. The normalized spacial score (nSPS) is 12.6. The van der Waals surface area contributed by atoms with E-state index in [0.29, 0.717) is 17.7 Å². The Morgan fingerprint density at radius 1 is 1.20 bits per heavy atom. The lowest BCUT2D eigenvalue weighted by molar-refractivity contribution is -0.400. The number of hydrogen-bond donors (Lipinski definition) is 1. The minimum absolute atomic E-state index is 0.215. The summed E-state index contributed by atoms with van der Waals surface area (Å²) in [5.74, 6) is -0.215. The van der Waals surface area contributed by atoms with E-state index < -0.39 is 4.92 Å². The molecule has 0 radical (unpaired) electrons. The molecule has 0 spiro atoms. The van der Waals surface area contributed by atoms with Crippen LogP contribution in [0, 0.1) is 10.1 Å². The smallest absolute Gasteiger partial charge is 0.400 e. The van der Waals surface area contributed by atoms with Gasteiger partial charge in [0.25, 0.3) is 0 Å². The molecule has 1 heterocycles. The first-order valence-electron chi connectivity index (χ1n) is 8.12. The van der Waals surface area contributed by atoms with Crippen molar-refractivity contribution in [3.05, 3.63) is 64.2 Å². The zero-order valence-corrected chi connectivity index (χ0v) is 14.5. The number of furan rings is 1. The molecule has 25 heavy (non-hydrogen) atoms. The van der Waals surface area contributed by atoms with Crippen molar-refractivity contribution in [2.24, 2.45) is 0 Å². The van der Waals surface area contributed by atoms with Crippen molar-refractivity contribution in [2.45, 2.75) is 19.6 Å². The van der Waals surface area contributed by atoms with E-state index in [4.69, 9.17) is 4.42 Å². The maximum Gasteiger partial charge on any atom is 0.442 e. The first kappa shape index (κ1) is 17.1. The van der Waals surface area contributed by atoms with E-state index in [0.717, 1.165) is 16.5 Å². The van der Waals surface area contributed by atoms with Crippen LogP contribution in [0.1, 0.15) is 12.5 Å². The number of rotatable bonds is 6. The summed E-state index contributed by atoms with van der Waals surface area (Å²) in [5, 5.41) is 15.6. The molecular weight excluding hydrogens is 318 g/mol. The van der Waals surface area contributed by atoms with Gasteiger partial charge in [-0.25, -0.2) is 0 Å². The molecule has 0 aliphatic rings. The summed E-state index contributed by atoms with van der Waals surface area (Å²) >= 11 is 0. The van der Waals surface area contributed by atoms with Gasteiger partial charge in [-0.05, 0) is 44.3 Å². The summed E-state index contributed by atoms with van der Waals surface area (Å²) < 4.78 is 5.51. The second-order valence-corrected chi connectivity index (χ2v) is 6.26. The highest BCUT2D eigenvalue weighted by atomic mass is 16.6. The van der Waals surface area contributed by atoms with Crippen LogP contribution in [0.3, 0.4) is 0 Å². The van der Waals surface area contributed by atoms with E-state index in [1.54, 1.807) is 6.07 Å². The van der Waals surface area contributed by atoms with Crippen LogP contribution in [0.5, 0.6) is 0 Å². The molecule has 1 aromatic heterocycles. The largest absolute Gasteiger partial charge is 0.442 e. The van der Waals surface area contributed by atoms with Crippen LogP contribution in [0.25, 0.3) is 22.1 Å². The first-order valence-corrected chi connectivity index (χ1v) is 8.12. The van der Waals surface area contributed by atoms with Crippen molar-refractivity contribution in [1.29, 1.82) is 0 Å². The lowest BCUT2D eigenvalue weighted by Gasteiger charge is -2.21. The van der Waals surface area contributed by atoms with Crippen LogP contribution >= 0.6 is 0 Å². The molecule has 0 amide bonds. The van der Waals surface area contributed by atoms with Crippen LogP contribution in [0.15, 0.2) is 52.9 Å². The van der Waals surface area contributed by atoms with Crippen molar-refractivity contribution in [3.63, 3.8) is 0 Å². The standard InChI is InChI=1S/C19H21N3O3/c1-13(21(2)3)20-12-14-9-10-17-16(11-14)18(19(25-17)22(23)24)15-7-5-4-6-8-15/h4-11,13,20H,12H2,1-3H3. The first-order chi connectivity index (χ1) is 12.0. The van der Waals surface area contributed by atoms with Gasteiger partial charge in [-0.15, -0.1) is 0 Å². The topological polar surface area (TPSA) is 71.5 Å². The fraction of sp³-hybridized carbons (Fsp3) is 0.263. The lowest BCUT2D eigenvalue weighted by atomic mass is 10.0. The fourth-order valence-electron chi connectivity index (χ4n) is 2.70.